The molecule has 4 rings (SSSR count). The summed E-state index contributed by atoms with van der Waals surface area (Å²) in [7, 11) is -3.70. The van der Waals surface area contributed by atoms with Crippen molar-refractivity contribution >= 4 is 38.9 Å². The summed E-state index contributed by atoms with van der Waals surface area (Å²) in [6, 6.07) is 23.5. The normalized spacial score (nSPS) is 14.3. The van der Waals surface area contributed by atoms with Crippen molar-refractivity contribution in [1.29, 1.82) is 0 Å². The number of hydrogen-bond donors (Lipinski definition) is 1. The number of carbonyl (C=O) groups excluding carboxylic acids is 1. The van der Waals surface area contributed by atoms with Gasteiger partial charge in [-0.05, 0) is 42.0 Å². The third kappa shape index (κ3) is 5.41. The van der Waals surface area contributed by atoms with E-state index in [0.29, 0.717) is 29.2 Å². The summed E-state index contributed by atoms with van der Waals surface area (Å²) in [5.74, 6) is -0.384. The Hall–Kier alpha value is -3.03. The number of rotatable bonds is 6. The van der Waals surface area contributed by atoms with Gasteiger partial charge in [0.2, 0.25) is 10.0 Å². The molecule has 1 saturated heterocycles. The van der Waals surface area contributed by atoms with E-state index in [4.69, 9.17) is 11.6 Å². The van der Waals surface area contributed by atoms with Gasteiger partial charge in [-0.3, -0.25) is 9.52 Å². The lowest BCUT2D eigenvalue weighted by Gasteiger charge is -2.36. The maximum Gasteiger partial charge on any atom is 0.256 e. The van der Waals surface area contributed by atoms with Gasteiger partial charge in [0.05, 0.1) is 17.0 Å². The standard InChI is InChI=1S/C24H24ClN3O3S/c25-20-12-10-19(11-13-20)18-32(30,31)26-23-9-5-4-8-22(23)24(29)28-16-14-27(15-17-28)21-6-2-1-3-7-21/h1-13,26H,14-18H2. The molecular formula is C24H24ClN3O3S. The van der Waals surface area contributed by atoms with Crippen LogP contribution >= 0.6 is 11.6 Å². The molecule has 3 aromatic carbocycles. The van der Waals surface area contributed by atoms with Crippen molar-refractivity contribution in [3.05, 3.63) is 95.0 Å². The van der Waals surface area contributed by atoms with Crippen molar-refractivity contribution in [2.45, 2.75) is 5.75 Å². The Balaban J connectivity index is 1.45. The van der Waals surface area contributed by atoms with Crippen LogP contribution in [0.15, 0.2) is 78.9 Å². The maximum absolute atomic E-state index is 13.2. The van der Waals surface area contributed by atoms with E-state index < -0.39 is 10.0 Å². The van der Waals surface area contributed by atoms with Gasteiger partial charge in [-0.15, -0.1) is 0 Å². The van der Waals surface area contributed by atoms with E-state index in [2.05, 4.69) is 21.8 Å². The van der Waals surface area contributed by atoms with Crippen LogP contribution in [-0.2, 0) is 15.8 Å². The number of para-hydroxylation sites is 2. The van der Waals surface area contributed by atoms with Crippen LogP contribution in [-0.4, -0.2) is 45.4 Å². The van der Waals surface area contributed by atoms with E-state index in [0.717, 1.165) is 18.8 Å². The van der Waals surface area contributed by atoms with Gasteiger partial charge in [-0.1, -0.05) is 54.1 Å². The van der Waals surface area contributed by atoms with Crippen molar-refractivity contribution in [1.82, 2.24) is 4.90 Å². The van der Waals surface area contributed by atoms with Gasteiger partial charge in [0, 0.05) is 36.9 Å². The molecule has 1 fully saturated rings. The van der Waals surface area contributed by atoms with Crippen LogP contribution in [0.1, 0.15) is 15.9 Å². The minimum absolute atomic E-state index is 0.178. The minimum Gasteiger partial charge on any atom is -0.368 e. The Morgan fingerprint density at radius 1 is 0.844 bits per heavy atom. The minimum atomic E-state index is -3.70. The van der Waals surface area contributed by atoms with Crippen molar-refractivity contribution < 1.29 is 13.2 Å². The lowest BCUT2D eigenvalue weighted by atomic mass is 10.1. The van der Waals surface area contributed by atoms with Crippen LogP contribution in [0, 0.1) is 0 Å². The van der Waals surface area contributed by atoms with Gasteiger partial charge in [-0.25, -0.2) is 8.42 Å². The molecule has 166 valence electrons. The van der Waals surface area contributed by atoms with Crippen LogP contribution in [0.5, 0.6) is 0 Å². The summed E-state index contributed by atoms with van der Waals surface area (Å²) in [6.45, 7) is 2.58. The summed E-state index contributed by atoms with van der Waals surface area (Å²) < 4.78 is 28.0. The van der Waals surface area contributed by atoms with E-state index in [9.17, 15) is 13.2 Å². The highest BCUT2D eigenvalue weighted by molar-refractivity contribution is 7.91. The molecular weight excluding hydrogens is 446 g/mol. The number of benzene rings is 3. The average Bonchev–Trinajstić information content (AvgIpc) is 2.81. The Labute approximate surface area is 193 Å². The van der Waals surface area contributed by atoms with Gasteiger partial charge in [0.15, 0.2) is 0 Å². The number of nitrogens with zero attached hydrogens (tertiary/aromatic N) is 2. The monoisotopic (exact) mass is 469 g/mol. The molecule has 3 aromatic rings. The summed E-state index contributed by atoms with van der Waals surface area (Å²) in [5.41, 5.74) is 2.38. The number of halogens is 1. The molecule has 32 heavy (non-hydrogen) atoms. The summed E-state index contributed by atoms with van der Waals surface area (Å²) in [6.07, 6.45) is 0. The summed E-state index contributed by atoms with van der Waals surface area (Å²) in [5, 5.41) is 0.544. The fourth-order valence-electron chi connectivity index (χ4n) is 3.74. The number of sulfonamides is 1. The first-order valence-corrected chi connectivity index (χ1v) is 12.4. The molecule has 0 aliphatic carbocycles. The van der Waals surface area contributed by atoms with Crippen LogP contribution in [0.2, 0.25) is 5.02 Å². The Bertz CT molecular complexity index is 1180. The molecule has 1 N–H and O–H groups in total. The first-order valence-electron chi connectivity index (χ1n) is 10.3. The molecule has 8 heteroatoms. The number of carbonyl (C=O) groups is 1. The highest BCUT2D eigenvalue weighted by atomic mass is 35.5. The zero-order valence-electron chi connectivity index (χ0n) is 17.4. The molecule has 0 saturated carbocycles. The van der Waals surface area contributed by atoms with Crippen molar-refractivity contribution in [2.75, 3.05) is 35.8 Å². The largest absolute Gasteiger partial charge is 0.368 e. The Morgan fingerprint density at radius 2 is 1.47 bits per heavy atom. The maximum atomic E-state index is 13.2. The molecule has 0 atom stereocenters. The molecule has 0 radical (unpaired) electrons. The van der Waals surface area contributed by atoms with E-state index in [1.165, 1.54) is 0 Å². The lowest BCUT2D eigenvalue weighted by molar-refractivity contribution is 0.0748. The highest BCUT2D eigenvalue weighted by Crippen LogP contribution is 2.22. The first-order chi connectivity index (χ1) is 15.4. The van der Waals surface area contributed by atoms with Crippen molar-refractivity contribution in [3.63, 3.8) is 0 Å². The predicted octanol–water partition coefficient (Wildman–Crippen LogP) is 4.24. The predicted molar refractivity (Wildman–Crippen MR) is 129 cm³/mol. The number of piperazine rings is 1. The molecule has 6 nitrogen and oxygen atoms in total. The molecule has 1 amide bonds. The van der Waals surface area contributed by atoms with Gasteiger partial charge in [0.1, 0.15) is 0 Å². The second-order valence-corrected chi connectivity index (χ2v) is 9.81. The topological polar surface area (TPSA) is 69.7 Å². The van der Waals surface area contributed by atoms with Crippen LogP contribution in [0.4, 0.5) is 11.4 Å². The highest BCUT2D eigenvalue weighted by Gasteiger charge is 2.25. The van der Waals surface area contributed by atoms with Gasteiger partial charge >= 0.3 is 0 Å². The fourth-order valence-corrected chi connectivity index (χ4v) is 5.08. The third-order valence-electron chi connectivity index (χ3n) is 5.38. The molecule has 0 bridgehead atoms. The summed E-state index contributed by atoms with van der Waals surface area (Å²) >= 11 is 5.88. The number of nitrogens with one attached hydrogen (secondary N) is 1. The number of amides is 1. The van der Waals surface area contributed by atoms with E-state index >= 15 is 0 Å². The summed E-state index contributed by atoms with van der Waals surface area (Å²) in [4.78, 5) is 17.2. The van der Waals surface area contributed by atoms with Gasteiger partial charge < -0.3 is 9.80 Å². The Morgan fingerprint density at radius 3 is 2.16 bits per heavy atom. The zero-order chi connectivity index (χ0) is 22.6. The van der Waals surface area contributed by atoms with Crippen LogP contribution < -0.4 is 9.62 Å². The SMILES string of the molecule is O=C(c1ccccc1NS(=O)(=O)Cc1ccc(Cl)cc1)N1CCN(c2ccccc2)CC1. The molecule has 1 aliphatic heterocycles. The molecule has 1 heterocycles. The molecule has 1 aliphatic rings. The average molecular weight is 470 g/mol. The Kier molecular flexibility index (Phi) is 6.67. The first kappa shape index (κ1) is 22.2. The van der Waals surface area contributed by atoms with Crippen LogP contribution in [0.25, 0.3) is 0 Å². The second kappa shape index (κ2) is 9.63. The van der Waals surface area contributed by atoms with Crippen LogP contribution in [0.3, 0.4) is 0 Å². The van der Waals surface area contributed by atoms with Gasteiger partial charge in [-0.2, -0.15) is 0 Å². The zero-order valence-corrected chi connectivity index (χ0v) is 19.0. The smallest absolute Gasteiger partial charge is 0.256 e. The van der Waals surface area contributed by atoms with E-state index in [1.54, 1.807) is 53.4 Å². The lowest BCUT2D eigenvalue weighted by Crippen LogP contribution is -2.48. The molecule has 0 aromatic heterocycles. The quantitative estimate of drug-likeness (QED) is 0.586. The van der Waals surface area contributed by atoms with Crippen molar-refractivity contribution in [3.8, 4) is 0 Å². The third-order valence-corrected chi connectivity index (χ3v) is 6.88. The van der Waals surface area contributed by atoms with E-state index in [-0.39, 0.29) is 17.3 Å². The molecule has 0 spiro atoms. The van der Waals surface area contributed by atoms with E-state index in [1.807, 2.05) is 18.2 Å². The fraction of sp³-hybridized carbons (Fsp3) is 0.208. The number of anilines is 2. The van der Waals surface area contributed by atoms with Crippen molar-refractivity contribution in [2.24, 2.45) is 0 Å². The number of hydrogen-bond acceptors (Lipinski definition) is 4. The molecule has 0 unspecified atom stereocenters. The van der Waals surface area contributed by atoms with Gasteiger partial charge in [0.25, 0.3) is 5.91 Å². The second-order valence-electron chi connectivity index (χ2n) is 7.65.